The summed E-state index contributed by atoms with van der Waals surface area (Å²) in [5, 5.41) is 0.904. The van der Waals surface area contributed by atoms with Crippen molar-refractivity contribution in [3.05, 3.63) is 65.7 Å². The molecule has 5 aromatic rings. The van der Waals surface area contributed by atoms with E-state index >= 15 is 0 Å². The molecule has 9 heteroatoms. The fourth-order valence-electron chi connectivity index (χ4n) is 4.75. The van der Waals surface area contributed by atoms with Gasteiger partial charge in [0.05, 0.1) is 46.7 Å². The van der Waals surface area contributed by atoms with E-state index in [4.69, 9.17) is 25.7 Å². The quantitative estimate of drug-likeness (QED) is 0.309. The van der Waals surface area contributed by atoms with Gasteiger partial charge >= 0.3 is 0 Å². The van der Waals surface area contributed by atoms with Crippen LogP contribution in [-0.2, 0) is 11.2 Å². The second kappa shape index (κ2) is 8.94. The molecule has 2 aromatic carbocycles. The Bertz CT molecular complexity index is 1530. The van der Waals surface area contributed by atoms with Gasteiger partial charge in [-0.3, -0.25) is 9.55 Å². The van der Waals surface area contributed by atoms with Crippen molar-refractivity contribution in [2.75, 3.05) is 31.2 Å². The Hall–Kier alpha value is -3.49. The Balaban J connectivity index is 1.69. The number of halogens is 2. The van der Waals surface area contributed by atoms with Gasteiger partial charge in [0.25, 0.3) is 0 Å². The first-order chi connectivity index (χ1) is 17.1. The minimum atomic E-state index is -0.410. The van der Waals surface area contributed by atoms with Crippen molar-refractivity contribution in [1.29, 1.82) is 0 Å². The van der Waals surface area contributed by atoms with Gasteiger partial charge in [-0.2, -0.15) is 0 Å². The first kappa shape index (κ1) is 22.0. The minimum Gasteiger partial charge on any atom is -0.444 e. The van der Waals surface area contributed by atoms with Gasteiger partial charge in [0.15, 0.2) is 0 Å². The molecule has 6 rings (SSSR count). The Labute approximate surface area is 206 Å². The molecule has 0 aliphatic carbocycles. The van der Waals surface area contributed by atoms with Crippen molar-refractivity contribution in [2.24, 2.45) is 0 Å². The molecule has 3 aromatic heterocycles. The molecule has 0 N–H and O–H groups in total. The van der Waals surface area contributed by atoms with Crippen LogP contribution in [0.5, 0.6) is 0 Å². The molecule has 0 spiro atoms. The molecule has 0 atom stereocenters. The SMILES string of the molecule is CCCc1nc2c(-c3ncco3)cc(N3CCOCC3)cc2n1-c1ccnc2c(Cl)cc(F)cc12. The van der Waals surface area contributed by atoms with Crippen LogP contribution >= 0.6 is 11.6 Å². The highest BCUT2D eigenvalue weighted by Gasteiger charge is 2.23. The van der Waals surface area contributed by atoms with Gasteiger partial charge in [0, 0.05) is 36.8 Å². The third-order valence-corrected chi connectivity index (χ3v) is 6.60. The lowest BCUT2D eigenvalue weighted by Gasteiger charge is -2.29. The van der Waals surface area contributed by atoms with Gasteiger partial charge in [-0.15, -0.1) is 0 Å². The van der Waals surface area contributed by atoms with E-state index in [1.54, 1.807) is 18.7 Å². The smallest absolute Gasteiger partial charge is 0.228 e. The third-order valence-electron chi connectivity index (χ3n) is 6.31. The fraction of sp³-hybridized carbons (Fsp3) is 0.269. The second-order valence-electron chi connectivity index (χ2n) is 8.53. The molecule has 0 bridgehead atoms. The van der Waals surface area contributed by atoms with E-state index < -0.39 is 5.82 Å². The highest BCUT2D eigenvalue weighted by Crippen LogP contribution is 2.37. The highest BCUT2D eigenvalue weighted by molar-refractivity contribution is 6.35. The Morgan fingerprint density at radius 2 is 1.91 bits per heavy atom. The number of ether oxygens (including phenoxy) is 1. The summed E-state index contributed by atoms with van der Waals surface area (Å²) in [5.41, 5.74) is 4.83. The van der Waals surface area contributed by atoms with Crippen LogP contribution in [0.15, 0.2) is 53.4 Å². The number of imidazole rings is 1. The number of morpholine rings is 1. The zero-order chi connectivity index (χ0) is 23.9. The molecule has 1 aliphatic heterocycles. The van der Waals surface area contributed by atoms with Crippen molar-refractivity contribution < 1.29 is 13.5 Å². The summed E-state index contributed by atoms with van der Waals surface area (Å²) in [7, 11) is 0. The molecule has 4 heterocycles. The number of benzene rings is 2. The molecule has 1 fully saturated rings. The number of hydrogen-bond donors (Lipinski definition) is 0. The number of pyridine rings is 1. The van der Waals surface area contributed by atoms with Crippen molar-refractivity contribution in [2.45, 2.75) is 19.8 Å². The van der Waals surface area contributed by atoms with Crippen LogP contribution in [0.4, 0.5) is 10.1 Å². The molecule has 1 aliphatic rings. The molecule has 0 radical (unpaired) electrons. The van der Waals surface area contributed by atoms with Crippen LogP contribution in [0, 0.1) is 5.82 Å². The van der Waals surface area contributed by atoms with Crippen molar-refractivity contribution in [3.63, 3.8) is 0 Å². The molecule has 178 valence electrons. The van der Waals surface area contributed by atoms with Crippen LogP contribution in [0.3, 0.4) is 0 Å². The summed E-state index contributed by atoms with van der Waals surface area (Å²) < 4.78 is 27.8. The molecular weight excluding hydrogens is 469 g/mol. The normalized spacial score (nSPS) is 14.3. The summed E-state index contributed by atoms with van der Waals surface area (Å²) in [5.74, 6) is 0.960. The van der Waals surface area contributed by atoms with Gasteiger partial charge in [0.2, 0.25) is 5.89 Å². The lowest BCUT2D eigenvalue weighted by atomic mass is 10.1. The maximum absolute atomic E-state index is 14.5. The molecule has 0 amide bonds. The third kappa shape index (κ3) is 3.83. The monoisotopic (exact) mass is 491 g/mol. The number of oxazole rings is 1. The first-order valence-electron chi connectivity index (χ1n) is 11.7. The summed E-state index contributed by atoms with van der Waals surface area (Å²) in [6.45, 7) is 5.01. The molecule has 0 saturated carbocycles. The molecule has 7 nitrogen and oxygen atoms in total. The number of rotatable bonds is 5. The number of fused-ring (bicyclic) bond motifs is 2. The van der Waals surface area contributed by atoms with Gasteiger partial charge in [-0.1, -0.05) is 18.5 Å². The fourth-order valence-corrected chi connectivity index (χ4v) is 5.01. The molecular formula is C26H23ClFN5O2. The average molecular weight is 492 g/mol. The largest absolute Gasteiger partial charge is 0.444 e. The topological polar surface area (TPSA) is 69.2 Å². The van der Waals surface area contributed by atoms with Crippen molar-refractivity contribution >= 4 is 39.2 Å². The summed E-state index contributed by atoms with van der Waals surface area (Å²) in [6.07, 6.45) is 6.52. The number of aromatic nitrogens is 4. The number of hydrogen-bond acceptors (Lipinski definition) is 6. The van der Waals surface area contributed by atoms with Crippen molar-refractivity contribution in [3.8, 4) is 17.1 Å². The zero-order valence-electron chi connectivity index (χ0n) is 19.2. The minimum absolute atomic E-state index is 0.276. The van der Waals surface area contributed by atoms with E-state index in [0.29, 0.717) is 30.0 Å². The second-order valence-corrected chi connectivity index (χ2v) is 8.93. The summed E-state index contributed by atoms with van der Waals surface area (Å²) in [6, 6.07) is 8.85. The molecule has 35 heavy (non-hydrogen) atoms. The average Bonchev–Trinajstić information content (AvgIpc) is 3.52. The lowest BCUT2D eigenvalue weighted by molar-refractivity contribution is 0.122. The van der Waals surface area contributed by atoms with E-state index in [1.165, 1.54) is 12.1 Å². The zero-order valence-corrected chi connectivity index (χ0v) is 19.9. The van der Waals surface area contributed by atoms with E-state index in [-0.39, 0.29) is 5.02 Å². The van der Waals surface area contributed by atoms with Gasteiger partial charge < -0.3 is 14.1 Å². The number of aryl methyl sites for hydroxylation is 1. The Morgan fingerprint density at radius 1 is 1.06 bits per heavy atom. The van der Waals surface area contributed by atoms with Crippen LogP contribution < -0.4 is 4.90 Å². The molecule has 0 unspecified atom stereocenters. The summed E-state index contributed by atoms with van der Waals surface area (Å²) >= 11 is 6.37. The van der Waals surface area contributed by atoms with Gasteiger partial charge in [-0.05, 0) is 36.8 Å². The maximum Gasteiger partial charge on any atom is 0.228 e. The number of nitrogens with zero attached hydrogens (tertiary/aromatic N) is 5. The van der Waals surface area contributed by atoms with Crippen LogP contribution in [-0.4, -0.2) is 45.8 Å². The highest BCUT2D eigenvalue weighted by atomic mass is 35.5. The van der Waals surface area contributed by atoms with Crippen LogP contribution in [0.2, 0.25) is 5.02 Å². The van der Waals surface area contributed by atoms with Gasteiger partial charge in [0.1, 0.15) is 23.4 Å². The van der Waals surface area contributed by atoms with Crippen molar-refractivity contribution in [1.82, 2.24) is 19.5 Å². The van der Waals surface area contributed by atoms with Crippen LogP contribution in [0.25, 0.3) is 39.1 Å². The van der Waals surface area contributed by atoms with E-state index in [0.717, 1.165) is 59.7 Å². The first-order valence-corrected chi connectivity index (χ1v) is 12.0. The van der Waals surface area contributed by atoms with E-state index in [1.807, 2.05) is 6.07 Å². The van der Waals surface area contributed by atoms with Gasteiger partial charge in [-0.25, -0.2) is 14.4 Å². The van der Waals surface area contributed by atoms with Crippen LogP contribution in [0.1, 0.15) is 19.2 Å². The predicted octanol–water partition coefficient (Wildman–Crippen LogP) is 5.81. The Morgan fingerprint density at radius 3 is 2.69 bits per heavy atom. The maximum atomic E-state index is 14.5. The van der Waals surface area contributed by atoms with E-state index in [2.05, 4.69) is 38.5 Å². The standard InChI is InChI=1S/C26H23ClFN5O2/c1-2-3-23-31-25-19(26-30-6-9-35-26)14-17(32-7-10-34-11-8-32)15-22(25)33(23)21-4-5-29-24-18(21)12-16(28)13-20(24)27/h4-6,9,12-15H,2-3,7-8,10-11H2,1H3. The molecule has 1 saturated heterocycles. The van der Waals surface area contributed by atoms with E-state index in [9.17, 15) is 4.39 Å². The summed E-state index contributed by atoms with van der Waals surface area (Å²) in [4.78, 5) is 16.2. The predicted molar refractivity (Wildman–Crippen MR) is 134 cm³/mol. The lowest BCUT2D eigenvalue weighted by Crippen LogP contribution is -2.36. The number of anilines is 1. The Kier molecular flexibility index (Phi) is 5.62.